The summed E-state index contributed by atoms with van der Waals surface area (Å²) >= 11 is 14.7. The summed E-state index contributed by atoms with van der Waals surface area (Å²) in [4.78, 5) is 27.2. The van der Waals surface area contributed by atoms with Gasteiger partial charge in [0.2, 0.25) is 0 Å². The molecule has 1 aromatic carbocycles. The summed E-state index contributed by atoms with van der Waals surface area (Å²) in [5, 5.41) is 14.1. The Kier molecular flexibility index (Phi) is 5.45. The molecule has 0 saturated carbocycles. The first-order chi connectivity index (χ1) is 12.7. The minimum Gasteiger partial charge on any atom is -0.344 e. The van der Waals surface area contributed by atoms with Crippen molar-refractivity contribution in [2.24, 2.45) is 0 Å². The molecule has 2 heterocycles. The molecular formula is C18H13Cl2N3O2S2. The maximum absolute atomic E-state index is 12.8. The van der Waals surface area contributed by atoms with Gasteiger partial charge < -0.3 is 10.2 Å². The minimum absolute atomic E-state index is 0.218. The molecule has 0 aliphatic heterocycles. The molecule has 0 fully saturated rings. The highest BCUT2D eigenvalue weighted by molar-refractivity contribution is 7.22. The SMILES string of the molecule is Cc1c(C(=O)N(C)C)sc(NC(=O)c2sc3cc(Cl)ccc3c2Cl)c1C#N. The maximum atomic E-state index is 12.8. The summed E-state index contributed by atoms with van der Waals surface area (Å²) in [6, 6.07) is 7.27. The first-order valence-electron chi connectivity index (χ1n) is 7.68. The summed E-state index contributed by atoms with van der Waals surface area (Å²) < 4.78 is 0.795. The highest BCUT2D eigenvalue weighted by atomic mass is 35.5. The average Bonchev–Trinajstić information content (AvgIpc) is 3.10. The van der Waals surface area contributed by atoms with Crippen molar-refractivity contribution in [3.05, 3.63) is 49.1 Å². The molecule has 0 atom stereocenters. The summed E-state index contributed by atoms with van der Waals surface area (Å²) in [6.07, 6.45) is 0. The van der Waals surface area contributed by atoms with Crippen LogP contribution in [0.2, 0.25) is 10.0 Å². The third kappa shape index (κ3) is 3.54. The van der Waals surface area contributed by atoms with E-state index in [1.54, 1.807) is 39.2 Å². The van der Waals surface area contributed by atoms with Gasteiger partial charge >= 0.3 is 0 Å². The highest BCUT2D eigenvalue weighted by Crippen LogP contribution is 2.38. The fourth-order valence-corrected chi connectivity index (χ4v) is 5.35. The number of hydrogen-bond donors (Lipinski definition) is 1. The van der Waals surface area contributed by atoms with Gasteiger partial charge in [0.05, 0.1) is 15.5 Å². The predicted molar refractivity (Wildman–Crippen MR) is 112 cm³/mol. The first kappa shape index (κ1) is 19.6. The summed E-state index contributed by atoms with van der Waals surface area (Å²) in [6.45, 7) is 1.69. The number of thiophene rings is 2. The van der Waals surface area contributed by atoms with E-state index < -0.39 is 5.91 Å². The van der Waals surface area contributed by atoms with Crippen molar-refractivity contribution in [1.82, 2.24) is 4.90 Å². The fraction of sp³-hybridized carbons (Fsp3) is 0.167. The predicted octanol–water partition coefficient (Wildman–Crippen LogP) is 5.40. The van der Waals surface area contributed by atoms with Gasteiger partial charge in [-0.25, -0.2) is 0 Å². The van der Waals surface area contributed by atoms with Gasteiger partial charge in [0.1, 0.15) is 15.9 Å². The van der Waals surface area contributed by atoms with Gasteiger partial charge in [-0.15, -0.1) is 22.7 Å². The van der Waals surface area contributed by atoms with Crippen molar-refractivity contribution in [3.8, 4) is 6.07 Å². The molecule has 27 heavy (non-hydrogen) atoms. The van der Waals surface area contributed by atoms with E-state index in [0.29, 0.717) is 30.4 Å². The number of nitriles is 1. The number of fused-ring (bicyclic) bond motifs is 1. The quantitative estimate of drug-likeness (QED) is 0.595. The van der Waals surface area contributed by atoms with Crippen LogP contribution < -0.4 is 5.32 Å². The van der Waals surface area contributed by atoms with E-state index in [9.17, 15) is 14.9 Å². The Hall–Kier alpha value is -2.11. The van der Waals surface area contributed by atoms with E-state index >= 15 is 0 Å². The van der Waals surface area contributed by atoms with E-state index in [1.165, 1.54) is 16.2 Å². The molecule has 0 aliphatic carbocycles. The molecule has 3 rings (SSSR count). The molecule has 3 aromatic rings. The van der Waals surface area contributed by atoms with Gasteiger partial charge in [-0.1, -0.05) is 29.3 Å². The topological polar surface area (TPSA) is 73.2 Å². The second-order valence-electron chi connectivity index (χ2n) is 5.91. The number of benzene rings is 1. The van der Waals surface area contributed by atoms with Crippen LogP contribution in [-0.4, -0.2) is 30.8 Å². The van der Waals surface area contributed by atoms with Gasteiger partial charge in [-0.2, -0.15) is 5.26 Å². The maximum Gasteiger partial charge on any atom is 0.267 e. The van der Waals surface area contributed by atoms with Crippen LogP contribution in [0.5, 0.6) is 0 Å². The standard InChI is InChI=1S/C18H13Cl2N3O2S2/c1-8-11(7-21)17(27-14(8)18(25)23(2)3)22-16(24)15-13(20)10-5-4-9(19)6-12(10)26-15/h4-6H,1-3H3,(H,22,24). The number of anilines is 1. The van der Waals surface area contributed by atoms with Crippen molar-refractivity contribution in [1.29, 1.82) is 5.26 Å². The van der Waals surface area contributed by atoms with Crippen molar-refractivity contribution in [3.63, 3.8) is 0 Å². The smallest absolute Gasteiger partial charge is 0.267 e. The number of hydrogen-bond acceptors (Lipinski definition) is 5. The van der Waals surface area contributed by atoms with Crippen LogP contribution in [0.15, 0.2) is 18.2 Å². The number of nitrogens with one attached hydrogen (secondary N) is 1. The molecule has 2 aromatic heterocycles. The summed E-state index contributed by atoms with van der Waals surface area (Å²) in [5.41, 5.74) is 0.824. The molecule has 0 radical (unpaired) electrons. The van der Waals surface area contributed by atoms with E-state index in [1.807, 2.05) is 0 Å². The molecule has 0 unspecified atom stereocenters. The van der Waals surface area contributed by atoms with Crippen LogP contribution >= 0.6 is 45.9 Å². The van der Waals surface area contributed by atoms with E-state index in [4.69, 9.17) is 23.2 Å². The van der Waals surface area contributed by atoms with E-state index in [2.05, 4.69) is 11.4 Å². The molecule has 0 saturated heterocycles. The van der Waals surface area contributed by atoms with Crippen molar-refractivity contribution < 1.29 is 9.59 Å². The number of carbonyl (C=O) groups excluding carboxylic acids is 2. The molecular weight excluding hydrogens is 425 g/mol. The minimum atomic E-state index is -0.432. The van der Waals surface area contributed by atoms with Gasteiger partial charge in [0.15, 0.2) is 0 Å². The van der Waals surface area contributed by atoms with Gasteiger partial charge in [-0.05, 0) is 24.6 Å². The van der Waals surface area contributed by atoms with Crippen LogP contribution in [0.1, 0.15) is 30.5 Å². The average molecular weight is 438 g/mol. The number of rotatable bonds is 3. The second-order valence-corrected chi connectivity index (χ2v) is 8.80. The lowest BCUT2D eigenvalue weighted by molar-refractivity contribution is 0.0831. The van der Waals surface area contributed by atoms with Crippen molar-refractivity contribution >= 4 is 72.8 Å². The Bertz CT molecular complexity index is 1130. The van der Waals surface area contributed by atoms with Crippen molar-refractivity contribution in [2.75, 3.05) is 19.4 Å². The molecule has 5 nitrogen and oxygen atoms in total. The third-order valence-corrected chi connectivity index (χ3v) is 6.97. The zero-order valence-corrected chi connectivity index (χ0v) is 17.7. The van der Waals surface area contributed by atoms with Crippen LogP contribution in [0, 0.1) is 18.3 Å². The molecule has 138 valence electrons. The van der Waals surface area contributed by atoms with E-state index in [-0.39, 0.29) is 11.5 Å². The van der Waals surface area contributed by atoms with Crippen LogP contribution in [0.25, 0.3) is 10.1 Å². The number of amides is 2. The van der Waals surface area contributed by atoms with Gasteiger partial charge in [0.25, 0.3) is 11.8 Å². The lowest BCUT2D eigenvalue weighted by Gasteiger charge is -2.08. The number of nitrogens with zero attached hydrogens (tertiary/aromatic N) is 2. The van der Waals surface area contributed by atoms with Crippen LogP contribution in [-0.2, 0) is 0 Å². The van der Waals surface area contributed by atoms with Crippen molar-refractivity contribution in [2.45, 2.75) is 6.92 Å². The van der Waals surface area contributed by atoms with Gasteiger partial charge in [-0.3, -0.25) is 9.59 Å². The number of carbonyl (C=O) groups is 2. The Labute approximate surface area is 173 Å². The Morgan fingerprint density at radius 1 is 1.19 bits per heavy atom. The largest absolute Gasteiger partial charge is 0.344 e. The second kappa shape index (κ2) is 7.49. The van der Waals surface area contributed by atoms with Crippen LogP contribution in [0.3, 0.4) is 0 Å². The highest BCUT2D eigenvalue weighted by Gasteiger charge is 2.24. The lowest BCUT2D eigenvalue weighted by atomic mass is 10.1. The Morgan fingerprint density at radius 3 is 2.52 bits per heavy atom. The molecule has 2 amide bonds. The van der Waals surface area contributed by atoms with Crippen LogP contribution in [0.4, 0.5) is 5.00 Å². The molecule has 1 N–H and O–H groups in total. The number of halogens is 2. The normalized spacial score (nSPS) is 10.7. The first-order valence-corrected chi connectivity index (χ1v) is 10.1. The molecule has 0 aliphatic rings. The van der Waals surface area contributed by atoms with Gasteiger partial charge in [0, 0.05) is 29.2 Å². The lowest BCUT2D eigenvalue weighted by Crippen LogP contribution is -2.21. The Balaban J connectivity index is 2.00. The third-order valence-electron chi connectivity index (χ3n) is 3.88. The van der Waals surface area contributed by atoms with E-state index in [0.717, 1.165) is 21.4 Å². The summed E-state index contributed by atoms with van der Waals surface area (Å²) in [7, 11) is 3.27. The summed E-state index contributed by atoms with van der Waals surface area (Å²) in [5.74, 6) is -0.650. The Morgan fingerprint density at radius 2 is 1.89 bits per heavy atom. The zero-order valence-electron chi connectivity index (χ0n) is 14.5. The monoisotopic (exact) mass is 437 g/mol. The molecule has 9 heteroatoms. The zero-order chi connectivity index (χ0) is 19.9. The fourth-order valence-electron chi connectivity index (χ4n) is 2.49. The molecule has 0 bridgehead atoms. The molecule has 0 spiro atoms.